The van der Waals surface area contributed by atoms with Gasteiger partial charge in [0.1, 0.15) is 0 Å². The van der Waals surface area contributed by atoms with Crippen LogP contribution in [0.5, 0.6) is 0 Å². The molecule has 0 saturated carbocycles. The molecule has 0 spiro atoms. The molecule has 2 heterocycles. The van der Waals surface area contributed by atoms with E-state index in [1.54, 1.807) is 0 Å². The van der Waals surface area contributed by atoms with E-state index < -0.39 is 6.09 Å². The molecule has 2 aliphatic rings. The molecule has 86 valence electrons. The highest BCUT2D eigenvalue weighted by molar-refractivity contribution is 5.65. The Hall–Kier alpha value is -0.770. The molecule has 1 N–H and O–H groups in total. The third-order valence-corrected chi connectivity index (χ3v) is 3.53. The van der Waals surface area contributed by atoms with Crippen LogP contribution in [0.2, 0.25) is 0 Å². The number of rotatable bonds is 3. The van der Waals surface area contributed by atoms with Crippen molar-refractivity contribution in [1.82, 2.24) is 9.80 Å². The number of carbonyl (C=O) groups is 1. The molecular formula is C11H20N2O2. The van der Waals surface area contributed by atoms with Crippen molar-refractivity contribution in [1.29, 1.82) is 0 Å². The lowest BCUT2D eigenvalue weighted by atomic mass is 9.96. The van der Waals surface area contributed by atoms with Crippen LogP contribution in [0.4, 0.5) is 4.79 Å². The van der Waals surface area contributed by atoms with Crippen molar-refractivity contribution in [3.05, 3.63) is 0 Å². The van der Waals surface area contributed by atoms with E-state index in [0.29, 0.717) is 5.92 Å². The van der Waals surface area contributed by atoms with Crippen LogP contribution in [0, 0.1) is 5.92 Å². The number of likely N-dealkylation sites (tertiary alicyclic amines) is 2. The van der Waals surface area contributed by atoms with E-state index in [0.717, 1.165) is 19.6 Å². The second kappa shape index (κ2) is 4.84. The Labute approximate surface area is 90.9 Å². The van der Waals surface area contributed by atoms with Gasteiger partial charge in [-0.3, -0.25) is 0 Å². The van der Waals surface area contributed by atoms with Crippen LogP contribution in [0.15, 0.2) is 0 Å². The largest absolute Gasteiger partial charge is 0.465 e. The first kappa shape index (κ1) is 10.7. The molecule has 0 radical (unpaired) electrons. The number of amides is 1. The van der Waals surface area contributed by atoms with Gasteiger partial charge < -0.3 is 14.9 Å². The Morgan fingerprint density at radius 2 is 1.87 bits per heavy atom. The third kappa shape index (κ3) is 2.84. The third-order valence-electron chi connectivity index (χ3n) is 3.53. The fourth-order valence-electron chi connectivity index (χ4n) is 2.46. The molecule has 4 nitrogen and oxygen atoms in total. The Bertz CT molecular complexity index is 221. The average Bonchev–Trinajstić information content (AvgIpc) is 2.16. The van der Waals surface area contributed by atoms with E-state index >= 15 is 0 Å². The van der Waals surface area contributed by atoms with Crippen molar-refractivity contribution >= 4 is 6.09 Å². The second-order valence-electron chi connectivity index (χ2n) is 4.74. The number of hydrogen-bond acceptors (Lipinski definition) is 2. The Morgan fingerprint density at radius 1 is 1.20 bits per heavy atom. The maximum absolute atomic E-state index is 10.5. The minimum absolute atomic E-state index is 0.614. The molecule has 2 fully saturated rings. The first-order valence-corrected chi connectivity index (χ1v) is 5.96. The summed E-state index contributed by atoms with van der Waals surface area (Å²) in [6.07, 6.45) is 4.47. The van der Waals surface area contributed by atoms with Crippen molar-refractivity contribution in [2.45, 2.75) is 25.7 Å². The summed E-state index contributed by atoms with van der Waals surface area (Å²) >= 11 is 0. The SMILES string of the molecule is O=C(O)N1CC(CCN2CCCCC2)C1. The summed E-state index contributed by atoms with van der Waals surface area (Å²) in [5.74, 6) is 0.614. The van der Waals surface area contributed by atoms with E-state index in [1.165, 1.54) is 43.7 Å². The molecule has 2 rings (SSSR count). The first-order valence-electron chi connectivity index (χ1n) is 5.96. The zero-order chi connectivity index (χ0) is 10.7. The molecule has 4 heteroatoms. The van der Waals surface area contributed by atoms with Gasteiger partial charge in [0.15, 0.2) is 0 Å². The topological polar surface area (TPSA) is 43.8 Å². The van der Waals surface area contributed by atoms with Gasteiger partial charge in [0, 0.05) is 13.1 Å². The standard InChI is InChI=1S/C11H20N2O2/c14-11(15)13-8-10(9-13)4-7-12-5-2-1-3-6-12/h10H,1-9H2,(H,14,15). The summed E-state index contributed by atoms with van der Waals surface area (Å²) in [5, 5.41) is 8.68. The summed E-state index contributed by atoms with van der Waals surface area (Å²) < 4.78 is 0. The van der Waals surface area contributed by atoms with Gasteiger partial charge in [0.2, 0.25) is 0 Å². The quantitative estimate of drug-likeness (QED) is 0.770. The minimum atomic E-state index is -0.760. The van der Waals surface area contributed by atoms with Crippen molar-refractivity contribution in [3.8, 4) is 0 Å². The summed E-state index contributed by atoms with van der Waals surface area (Å²) in [5.41, 5.74) is 0. The van der Waals surface area contributed by atoms with E-state index in [2.05, 4.69) is 4.90 Å². The number of piperidine rings is 1. The molecule has 0 unspecified atom stereocenters. The lowest BCUT2D eigenvalue weighted by molar-refractivity contribution is 0.0713. The highest BCUT2D eigenvalue weighted by Gasteiger charge is 2.30. The smallest absolute Gasteiger partial charge is 0.407 e. The molecule has 1 amide bonds. The lowest BCUT2D eigenvalue weighted by Crippen LogP contribution is -2.50. The van der Waals surface area contributed by atoms with E-state index in [9.17, 15) is 4.79 Å². The van der Waals surface area contributed by atoms with Crippen LogP contribution in [-0.2, 0) is 0 Å². The van der Waals surface area contributed by atoms with Crippen LogP contribution in [0.3, 0.4) is 0 Å². The predicted octanol–water partition coefficient (Wildman–Crippen LogP) is 1.47. The molecule has 2 aliphatic heterocycles. The summed E-state index contributed by atoms with van der Waals surface area (Å²) in [4.78, 5) is 14.6. The van der Waals surface area contributed by atoms with Gasteiger partial charge in [-0.05, 0) is 44.8 Å². The zero-order valence-electron chi connectivity index (χ0n) is 9.19. The molecule has 15 heavy (non-hydrogen) atoms. The highest BCUT2D eigenvalue weighted by atomic mass is 16.4. The number of hydrogen-bond donors (Lipinski definition) is 1. The van der Waals surface area contributed by atoms with Crippen LogP contribution < -0.4 is 0 Å². The molecule has 0 aromatic rings. The van der Waals surface area contributed by atoms with Crippen molar-refractivity contribution in [3.63, 3.8) is 0 Å². The number of carboxylic acid groups (broad SMARTS) is 1. The summed E-state index contributed by atoms with van der Waals surface area (Å²) in [6, 6.07) is 0. The maximum Gasteiger partial charge on any atom is 0.407 e. The van der Waals surface area contributed by atoms with Gasteiger partial charge in [0.05, 0.1) is 0 Å². The molecular weight excluding hydrogens is 192 g/mol. The maximum atomic E-state index is 10.5. The fraction of sp³-hybridized carbons (Fsp3) is 0.909. The van der Waals surface area contributed by atoms with Crippen molar-refractivity contribution in [2.75, 3.05) is 32.7 Å². The van der Waals surface area contributed by atoms with E-state index in [1.807, 2.05) is 0 Å². The van der Waals surface area contributed by atoms with Gasteiger partial charge in [0.25, 0.3) is 0 Å². The van der Waals surface area contributed by atoms with Gasteiger partial charge >= 0.3 is 6.09 Å². The van der Waals surface area contributed by atoms with Gasteiger partial charge in [-0.15, -0.1) is 0 Å². The summed E-state index contributed by atoms with van der Waals surface area (Å²) in [6.45, 7) is 5.16. The van der Waals surface area contributed by atoms with Crippen molar-refractivity contribution in [2.24, 2.45) is 5.92 Å². The predicted molar refractivity (Wildman–Crippen MR) is 58.0 cm³/mol. The Kier molecular flexibility index (Phi) is 3.46. The van der Waals surface area contributed by atoms with E-state index in [-0.39, 0.29) is 0 Å². The molecule has 0 atom stereocenters. The Morgan fingerprint density at radius 3 is 2.47 bits per heavy atom. The molecule has 0 aromatic heterocycles. The van der Waals surface area contributed by atoms with Gasteiger partial charge in [-0.1, -0.05) is 6.42 Å². The van der Waals surface area contributed by atoms with Crippen LogP contribution in [-0.4, -0.2) is 53.7 Å². The Balaban J connectivity index is 1.57. The fourth-order valence-corrected chi connectivity index (χ4v) is 2.46. The number of nitrogens with zero attached hydrogens (tertiary/aromatic N) is 2. The highest BCUT2D eigenvalue weighted by Crippen LogP contribution is 2.20. The van der Waals surface area contributed by atoms with Crippen LogP contribution >= 0.6 is 0 Å². The van der Waals surface area contributed by atoms with Crippen LogP contribution in [0.25, 0.3) is 0 Å². The normalized spacial score (nSPS) is 23.9. The monoisotopic (exact) mass is 212 g/mol. The molecule has 2 saturated heterocycles. The van der Waals surface area contributed by atoms with E-state index in [4.69, 9.17) is 5.11 Å². The van der Waals surface area contributed by atoms with Gasteiger partial charge in [-0.2, -0.15) is 0 Å². The zero-order valence-corrected chi connectivity index (χ0v) is 9.19. The minimum Gasteiger partial charge on any atom is -0.465 e. The lowest BCUT2D eigenvalue weighted by Gasteiger charge is -2.38. The molecule has 0 bridgehead atoms. The second-order valence-corrected chi connectivity index (χ2v) is 4.74. The van der Waals surface area contributed by atoms with Crippen LogP contribution in [0.1, 0.15) is 25.7 Å². The first-order chi connectivity index (χ1) is 7.25. The summed E-state index contributed by atoms with van der Waals surface area (Å²) in [7, 11) is 0. The van der Waals surface area contributed by atoms with Gasteiger partial charge in [-0.25, -0.2) is 4.79 Å². The molecule has 0 aliphatic carbocycles. The average molecular weight is 212 g/mol. The molecule has 0 aromatic carbocycles. The van der Waals surface area contributed by atoms with Crippen molar-refractivity contribution < 1.29 is 9.90 Å².